The Balaban J connectivity index is 0.00000364. The minimum absolute atomic E-state index is 0. The molecule has 0 bridgehead atoms. The van der Waals surface area contributed by atoms with Crippen molar-refractivity contribution < 1.29 is 4.42 Å². The maximum atomic E-state index is 5.59. The van der Waals surface area contributed by atoms with Gasteiger partial charge in [-0.2, -0.15) is 0 Å². The van der Waals surface area contributed by atoms with Crippen LogP contribution in [0.15, 0.2) is 39.9 Å². The topological polar surface area (TPSA) is 65.7 Å². The molecule has 0 saturated carbocycles. The Hall–Kier alpha value is -1.61. The van der Waals surface area contributed by atoms with E-state index in [0.29, 0.717) is 18.5 Å². The van der Waals surface area contributed by atoms with Crippen LogP contribution < -0.4 is 10.6 Å². The number of rotatable bonds is 8. The number of nitrogens with one attached hydrogen (secondary N) is 2. The summed E-state index contributed by atoms with van der Waals surface area (Å²) in [4.78, 5) is 11.4. The van der Waals surface area contributed by atoms with Crippen molar-refractivity contribution in [3.05, 3.63) is 41.8 Å². The molecule has 27 heavy (non-hydrogen) atoms. The second-order valence-electron chi connectivity index (χ2n) is 6.71. The molecule has 0 spiro atoms. The lowest BCUT2D eigenvalue weighted by molar-refractivity contribution is 0.278. The number of hydrogen-bond donors (Lipinski definition) is 2. The van der Waals surface area contributed by atoms with Crippen LogP contribution in [0.3, 0.4) is 0 Å². The summed E-state index contributed by atoms with van der Waals surface area (Å²) in [5.41, 5.74) is 3.01. The van der Waals surface area contributed by atoms with Gasteiger partial charge in [0.2, 0.25) is 5.89 Å². The van der Waals surface area contributed by atoms with Crippen LogP contribution in [0.2, 0.25) is 0 Å². The number of aromatic nitrogens is 1. The molecule has 6 nitrogen and oxygen atoms in total. The quantitative estimate of drug-likeness (QED) is 0.340. The molecule has 0 aliphatic rings. The van der Waals surface area contributed by atoms with Crippen LogP contribution in [-0.4, -0.2) is 48.6 Å². The standard InChI is InChI=1S/C20H31N5O.HI/c1-6-21-20(22-11-12-25(5)15(2)3)23-13-18-14-26-19(24-18)17-9-7-16(4)8-10-17;/h7-10,14-15H,6,11-13H2,1-5H3,(H2,21,22,23);1H. The van der Waals surface area contributed by atoms with Crippen molar-refractivity contribution in [2.45, 2.75) is 40.3 Å². The Kier molecular flexibility index (Phi) is 10.4. The van der Waals surface area contributed by atoms with E-state index in [1.807, 2.05) is 12.1 Å². The monoisotopic (exact) mass is 485 g/mol. The lowest BCUT2D eigenvalue weighted by atomic mass is 10.1. The molecular formula is C20H32IN5O. The number of nitrogens with zero attached hydrogens (tertiary/aromatic N) is 3. The Labute approximate surface area is 179 Å². The summed E-state index contributed by atoms with van der Waals surface area (Å²) < 4.78 is 5.59. The molecule has 0 unspecified atom stereocenters. The Morgan fingerprint density at radius 2 is 1.93 bits per heavy atom. The maximum Gasteiger partial charge on any atom is 0.226 e. The number of benzene rings is 1. The van der Waals surface area contributed by atoms with Gasteiger partial charge in [-0.05, 0) is 46.9 Å². The molecule has 0 aliphatic heterocycles. The van der Waals surface area contributed by atoms with Crippen molar-refractivity contribution in [1.29, 1.82) is 0 Å². The first-order chi connectivity index (χ1) is 12.5. The molecule has 0 aliphatic carbocycles. The first-order valence-electron chi connectivity index (χ1n) is 9.23. The average molecular weight is 485 g/mol. The lowest BCUT2D eigenvalue weighted by Gasteiger charge is -2.21. The number of halogens is 1. The molecule has 0 radical (unpaired) electrons. The number of likely N-dealkylation sites (N-methyl/N-ethyl adjacent to an activating group) is 1. The summed E-state index contributed by atoms with van der Waals surface area (Å²) >= 11 is 0. The molecule has 0 atom stereocenters. The summed E-state index contributed by atoms with van der Waals surface area (Å²) in [6.45, 7) is 11.6. The predicted octanol–water partition coefficient (Wildman–Crippen LogP) is 3.66. The van der Waals surface area contributed by atoms with Crippen LogP contribution in [-0.2, 0) is 6.54 Å². The Morgan fingerprint density at radius 1 is 1.22 bits per heavy atom. The van der Waals surface area contributed by atoms with Gasteiger partial charge in [-0.25, -0.2) is 9.98 Å². The van der Waals surface area contributed by atoms with Gasteiger partial charge in [0.05, 0.1) is 6.54 Å². The number of aliphatic imine (C=N–C) groups is 1. The van der Waals surface area contributed by atoms with Crippen molar-refractivity contribution in [2.75, 3.05) is 26.7 Å². The van der Waals surface area contributed by atoms with Crippen molar-refractivity contribution in [3.8, 4) is 11.5 Å². The third kappa shape index (κ3) is 7.88. The Morgan fingerprint density at radius 3 is 2.56 bits per heavy atom. The second-order valence-corrected chi connectivity index (χ2v) is 6.71. The minimum atomic E-state index is 0. The highest BCUT2D eigenvalue weighted by Gasteiger charge is 2.07. The van der Waals surface area contributed by atoms with E-state index in [1.54, 1.807) is 6.26 Å². The number of hydrogen-bond acceptors (Lipinski definition) is 4. The van der Waals surface area contributed by atoms with E-state index < -0.39 is 0 Å². The molecule has 0 fully saturated rings. The fourth-order valence-electron chi connectivity index (χ4n) is 2.32. The van der Waals surface area contributed by atoms with E-state index in [1.165, 1.54) is 5.56 Å². The van der Waals surface area contributed by atoms with E-state index >= 15 is 0 Å². The second kappa shape index (κ2) is 12.0. The first-order valence-corrected chi connectivity index (χ1v) is 9.23. The fourth-order valence-corrected chi connectivity index (χ4v) is 2.32. The molecule has 2 rings (SSSR count). The fraction of sp³-hybridized carbons (Fsp3) is 0.500. The Bertz CT molecular complexity index is 697. The third-order valence-electron chi connectivity index (χ3n) is 4.23. The van der Waals surface area contributed by atoms with Gasteiger partial charge in [0, 0.05) is 31.2 Å². The molecule has 2 N–H and O–H groups in total. The SMILES string of the molecule is CCNC(=NCc1coc(-c2ccc(C)cc2)n1)NCCN(C)C(C)C.I. The lowest BCUT2D eigenvalue weighted by Crippen LogP contribution is -2.42. The molecule has 7 heteroatoms. The largest absolute Gasteiger partial charge is 0.444 e. The average Bonchev–Trinajstić information content (AvgIpc) is 3.09. The first kappa shape index (κ1) is 23.4. The van der Waals surface area contributed by atoms with Crippen molar-refractivity contribution in [2.24, 2.45) is 4.99 Å². The van der Waals surface area contributed by atoms with Gasteiger partial charge in [0.1, 0.15) is 12.0 Å². The third-order valence-corrected chi connectivity index (χ3v) is 4.23. The highest BCUT2D eigenvalue weighted by molar-refractivity contribution is 14.0. The normalized spacial score (nSPS) is 11.6. The van der Waals surface area contributed by atoms with Crippen molar-refractivity contribution in [1.82, 2.24) is 20.5 Å². The molecule has 1 heterocycles. The van der Waals surface area contributed by atoms with E-state index in [-0.39, 0.29) is 24.0 Å². The molecule has 2 aromatic rings. The van der Waals surface area contributed by atoms with E-state index in [0.717, 1.165) is 36.9 Å². The number of guanidine groups is 1. The zero-order valence-corrected chi connectivity index (χ0v) is 19.3. The summed E-state index contributed by atoms with van der Waals surface area (Å²) in [5.74, 6) is 1.43. The molecule has 150 valence electrons. The van der Waals surface area contributed by atoms with Gasteiger partial charge >= 0.3 is 0 Å². The summed E-state index contributed by atoms with van der Waals surface area (Å²) in [6.07, 6.45) is 1.68. The van der Waals surface area contributed by atoms with Gasteiger partial charge in [0.15, 0.2) is 5.96 Å². The van der Waals surface area contributed by atoms with Crippen molar-refractivity contribution >= 4 is 29.9 Å². The summed E-state index contributed by atoms with van der Waals surface area (Å²) in [7, 11) is 2.12. The van der Waals surface area contributed by atoms with E-state index in [4.69, 9.17) is 4.42 Å². The van der Waals surface area contributed by atoms with Crippen LogP contribution >= 0.6 is 24.0 Å². The summed E-state index contributed by atoms with van der Waals surface area (Å²) in [5, 5.41) is 6.62. The van der Waals surface area contributed by atoms with Gasteiger partial charge in [0.25, 0.3) is 0 Å². The number of oxazole rings is 1. The highest BCUT2D eigenvalue weighted by Crippen LogP contribution is 2.19. The molecule has 0 amide bonds. The summed E-state index contributed by atoms with van der Waals surface area (Å²) in [6, 6.07) is 8.68. The highest BCUT2D eigenvalue weighted by atomic mass is 127. The molecular weight excluding hydrogens is 453 g/mol. The number of aryl methyl sites for hydroxylation is 1. The van der Waals surface area contributed by atoms with Gasteiger partial charge in [-0.15, -0.1) is 24.0 Å². The van der Waals surface area contributed by atoms with Crippen LogP contribution in [0.5, 0.6) is 0 Å². The molecule has 1 aromatic carbocycles. The van der Waals surface area contributed by atoms with Crippen LogP contribution in [0.4, 0.5) is 0 Å². The zero-order chi connectivity index (χ0) is 18.9. The van der Waals surface area contributed by atoms with E-state index in [2.05, 4.69) is 72.4 Å². The van der Waals surface area contributed by atoms with Crippen LogP contribution in [0, 0.1) is 6.92 Å². The van der Waals surface area contributed by atoms with Gasteiger partial charge < -0.3 is 20.0 Å². The smallest absolute Gasteiger partial charge is 0.226 e. The minimum Gasteiger partial charge on any atom is -0.444 e. The van der Waals surface area contributed by atoms with Gasteiger partial charge in [-0.1, -0.05) is 17.7 Å². The van der Waals surface area contributed by atoms with Crippen LogP contribution in [0.1, 0.15) is 32.0 Å². The predicted molar refractivity (Wildman–Crippen MR) is 123 cm³/mol. The molecule has 0 saturated heterocycles. The zero-order valence-electron chi connectivity index (χ0n) is 17.0. The van der Waals surface area contributed by atoms with Crippen molar-refractivity contribution in [3.63, 3.8) is 0 Å². The van der Waals surface area contributed by atoms with Gasteiger partial charge in [-0.3, -0.25) is 0 Å². The van der Waals surface area contributed by atoms with Crippen LogP contribution in [0.25, 0.3) is 11.5 Å². The molecule has 1 aromatic heterocycles. The maximum absolute atomic E-state index is 5.59. The van der Waals surface area contributed by atoms with E-state index in [9.17, 15) is 0 Å².